The maximum Gasteiger partial charge on any atom is 0.0512 e. The van der Waals surface area contributed by atoms with Gasteiger partial charge in [-0.1, -0.05) is 123 Å². The molecule has 1 nitrogen and oxygen atoms in total. The molecule has 1 aromatic heterocycles. The summed E-state index contributed by atoms with van der Waals surface area (Å²) in [4.78, 5) is 2.57. The van der Waals surface area contributed by atoms with E-state index in [2.05, 4.69) is 171 Å². The van der Waals surface area contributed by atoms with Gasteiger partial charge in [-0.2, -0.15) is 0 Å². The molecular formula is C47H33NS. The fourth-order valence-corrected chi connectivity index (χ4v) is 10.9. The van der Waals surface area contributed by atoms with Crippen molar-refractivity contribution in [2.24, 2.45) is 0 Å². The molecule has 49 heavy (non-hydrogen) atoms. The van der Waals surface area contributed by atoms with E-state index in [9.17, 15) is 0 Å². The third kappa shape index (κ3) is 3.35. The number of anilines is 3. The van der Waals surface area contributed by atoms with Crippen LogP contribution in [-0.4, -0.2) is 0 Å². The first-order valence-electron chi connectivity index (χ1n) is 17.3. The van der Waals surface area contributed by atoms with Crippen molar-refractivity contribution in [3.8, 4) is 33.4 Å². The molecule has 232 valence electrons. The Kier molecular flexibility index (Phi) is 5.26. The van der Waals surface area contributed by atoms with Crippen LogP contribution in [0.4, 0.5) is 17.1 Å². The van der Waals surface area contributed by atoms with Gasteiger partial charge in [0, 0.05) is 36.7 Å². The van der Waals surface area contributed by atoms with Crippen LogP contribution in [0.5, 0.6) is 0 Å². The van der Waals surface area contributed by atoms with Gasteiger partial charge in [0.2, 0.25) is 0 Å². The average Bonchev–Trinajstić information content (AvgIpc) is 3.73. The lowest BCUT2D eigenvalue weighted by Crippen LogP contribution is -2.35. The third-order valence-electron chi connectivity index (χ3n) is 11.8. The molecule has 0 N–H and O–H groups in total. The fourth-order valence-electron chi connectivity index (χ4n) is 9.82. The van der Waals surface area contributed by atoms with E-state index in [0.717, 1.165) is 0 Å². The number of thiophene rings is 1. The van der Waals surface area contributed by atoms with E-state index in [-0.39, 0.29) is 10.8 Å². The molecule has 0 bridgehead atoms. The number of benzene rings is 7. The van der Waals surface area contributed by atoms with Gasteiger partial charge in [-0.15, -0.1) is 11.3 Å². The molecule has 8 aromatic rings. The summed E-state index contributed by atoms with van der Waals surface area (Å²) in [5.41, 5.74) is 18.4. The molecule has 0 saturated carbocycles. The van der Waals surface area contributed by atoms with Gasteiger partial charge in [0.15, 0.2) is 0 Å². The molecule has 0 spiro atoms. The topological polar surface area (TPSA) is 3.24 Å². The quantitative estimate of drug-likeness (QED) is 0.181. The van der Waals surface area contributed by atoms with Crippen LogP contribution in [0.2, 0.25) is 0 Å². The summed E-state index contributed by atoms with van der Waals surface area (Å²) in [5.74, 6) is 0. The van der Waals surface area contributed by atoms with Gasteiger partial charge in [0.05, 0.1) is 11.4 Å². The maximum atomic E-state index is 2.57. The highest BCUT2D eigenvalue weighted by atomic mass is 32.1. The maximum absolute atomic E-state index is 2.57. The van der Waals surface area contributed by atoms with E-state index in [1.54, 1.807) is 0 Å². The van der Waals surface area contributed by atoms with Crippen LogP contribution >= 0.6 is 11.3 Å². The average molecular weight is 644 g/mol. The first-order valence-corrected chi connectivity index (χ1v) is 18.1. The number of rotatable bonds is 2. The molecule has 0 amide bonds. The molecule has 0 radical (unpaired) electrons. The highest BCUT2D eigenvalue weighted by Crippen LogP contribution is 2.66. The number of nitrogens with zero attached hydrogens (tertiary/aromatic N) is 1. The Hall–Kier alpha value is -5.44. The first-order chi connectivity index (χ1) is 24.0. The van der Waals surface area contributed by atoms with Gasteiger partial charge in [0.25, 0.3) is 0 Å². The molecule has 2 heteroatoms. The second-order valence-corrected chi connectivity index (χ2v) is 15.7. The van der Waals surface area contributed by atoms with Gasteiger partial charge >= 0.3 is 0 Å². The lowest BCUT2D eigenvalue weighted by atomic mass is 9.65. The minimum atomic E-state index is -0.294. The summed E-state index contributed by atoms with van der Waals surface area (Å²) in [5, 5.41) is 2.68. The van der Waals surface area contributed by atoms with Crippen molar-refractivity contribution in [1.82, 2.24) is 0 Å². The Labute approximate surface area is 290 Å². The molecule has 3 aliphatic rings. The van der Waals surface area contributed by atoms with E-state index in [1.807, 2.05) is 11.3 Å². The minimum absolute atomic E-state index is 0.145. The Bertz CT molecular complexity index is 2730. The third-order valence-corrected chi connectivity index (χ3v) is 12.9. The van der Waals surface area contributed by atoms with E-state index in [4.69, 9.17) is 0 Å². The Morgan fingerprint density at radius 2 is 1.10 bits per heavy atom. The summed E-state index contributed by atoms with van der Waals surface area (Å²) in [7, 11) is 0. The molecule has 7 aromatic carbocycles. The van der Waals surface area contributed by atoms with Crippen LogP contribution in [0.1, 0.15) is 48.6 Å². The summed E-state index contributed by atoms with van der Waals surface area (Å²) in [6.07, 6.45) is 0. The molecular weight excluding hydrogens is 611 g/mol. The smallest absolute Gasteiger partial charge is 0.0512 e. The number of hydrogen-bond acceptors (Lipinski definition) is 2. The largest absolute Gasteiger partial charge is 0.310 e. The summed E-state index contributed by atoms with van der Waals surface area (Å²) < 4.78 is 2.67. The zero-order valence-electron chi connectivity index (χ0n) is 27.7. The number of fused-ring (bicyclic) bond motifs is 12. The van der Waals surface area contributed by atoms with Gasteiger partial charge < -0.3 is 4.90 Å². The van der Waals surface area contributed by atoms with Crippen molar-refractivity contribution in [2.75, 3.05) is 4.90 Å². The number of hydrogen-bond donors (Lipinski definition) is 0. The highest BCUT2D eigenvalue weighted by molar-refractivity contribution is 7.25. The van der Waals surface area contributed by atoms with Crippen molar-refractivity contribution < 1.29 is 0 Å². The minimum Gasteiger partial charge on any atom is -0.310 e. The van der Waals surface area contributed by atoms with Crippen molar-refractivity contribution in [3.63, 3.8) is 0 Å². The van der Waals surface area contributed by atoms with E-state index in [0.29, 0.717) is 0 Å². The van der Waals surface area contributed by atoms with Crippen molar-refractivity contribution in [1.29, 1.82) is 0 Å². The summed E-state index contributed by atoms with van der Waals surface area (Å²) in [6, 6.07) is 54.8. The van der Waals surface area contributed by atoms with Crippen LogP contribution < -0.4 is 4.90 Å². The van der Waals surface area contributed by atoms with Crippen molar-refractivity contribution in [3.05, 3.63) is 173 Å². The predicted octanol–water partition coefficient (Wildman–Crippen LogP) is 13.1. The molecule has 11 rings (SSSR count). The monoisotopic (exact) mass is 643 g/mol. The van der Waals surface area contributed by atoms with Crippen LogP contribution in [0.15, 0.2) is 146 Å². The van der Waals surface area contributed by atoms with Gasteiger partial charge in [-0.05, 0) is 105 Å². The Morgan fingerprint density at radius 3 is 1.98 bits per heavy atom. The standard InChI is InChI=1S/C47H33NS/c1-46(2)36-20-7-4-15-31(36)34-25-26-39-45(44(34)46)47(3)37-21-8-5-16-32(37)33-19-11-22-38(43(33)47)48(39)29-14-10-13-28(27-29)30-18-12-24-41-42(30)35-17-6-9-23-40(35)49-41/h4-27H,1-3H3. The van der Waals surface area contributed by atoms with Crippen LogP contribution in [0.3, 0.4) is 0 Å². The SMILES string of the molecule is CC1(C)c2ccccc2-c2ccc3c(c21)C1(C)c2ccccc2-c2cccc(c21)N3c1cccc(-c2cccc3sc4ccccc4c23)c1. The molecule has 0 saturated heterocycles. The van der Waals surface area contributed by atoms with Gasteiger partial charge in [-0.3, -0.25) is 0 Å². The van der Waals surface area contributed by atoms with E-state index in [1.165, 1.54) is 98.4 Å². The molecule has 2 heterocycles. The van der Waals surface area contributed by atoms with Gasteiger partial charge in [-0.25, -0.2) is 0 Å². The molecule has 1 atom stereocenters. The van der Waals surface area contributed by atoms with Crippen LogP contribution in [0, 0.1) is 0 Å². The zero-order chi connectivity index (χ0) is 32.6. The van der Waals surface area contributed by atoms with E-state index < -0.39 is 0 Å². The Morgan fingerprint density at radius 1 is 0.469 bits per heavy atom. The lowest BCUT2D eigenvalue weighted by Gasteiger charge is -2.45. The van der Waals surface area contributed by atoms with E-state index >= 15 is 0 Å². The van der Waals surface area contributed by atoms with Crippen LogP contribution in [-0.2, 0) is 10.8 Å². The molecule has 2 aliphatic carbocycles. The molecule has 1 aliphatic heterocycles. The zero-order valence-corrected chi connectivity index (χ0v) is 28.5. The Balaban J connectivity index is 1.22. The molecule has 0 fully saturated rings. The first kappa shape index (κ1) is 27.5. The van der Waals surface area contributed by atoms with Crippen molar-refractivity contribution >= 4 is 48.6 Å². The van der Waals surface area contributed by atoms with Crippen molar-refractivity contribution in [2.45, 2.75) is 31.6 Å². The summed E-state index contributed by atoms with van der Waals surface area (Å²) in [6.45, 7) is 7.36. The molecule has 1 unspecified atom stereocenters. The predicted molar refractivity (Wildman–Crippen MR) is 208 cm³/mol. The van der Waals surface area contributed by atoms with Crippen LogP contribution in [0.25, 0.3) is 53.6 Å². The fraction of sp³-hybridized carbons (Fsp3) is 0.106. The normalized spacial score (nSPS) is 17.5. The second kappa shape index (κ2) is 9.37. The highest BCUT2D eigenvalue weighted by Gasteiger charge is 2.52. The summed E-state index contributed by atoms with van der Waals surface area (Å²) >= 11 is 1.88. The van der Waals surface area contributed by atoms with Gasteiger partial charge in [0.1, 0.15) is 0 Å². The lowest BCUT2D eigenvalue weighted by molar-refractivity contribution is 0.615. The second-order valence-electron chi connectivity index (χ2n) is 14.6.